The van der Waals surface area contributed by atoms with E-state index in [1.165, 1.54) is 0 Å². The number of nitrogens with zero attached hydrogens (tertiary/aromatic N) is 1. The van der Waals surface area contributed by atoms with E-state index in [4.69, 9.17) is 17.3 Å². The molecule has 1 aliphatic rings. The summed E-state index contributed by atoms with van der Waals surface area (Å²) >= 11 is 6.22. The van der Waals surface area contributed by atoms with Gasteiger partial charge in [0.2, 0.25) is 0 Å². The molecule has 1 fully saturated rings. The van der Waals surface area contributed by atoms with E-state index in [-0.39, 0.29) is 11.5 Å². The second kappa shape index (κ2) is 5.47. The average Bonchev–Trinajstić information content (AvgIpc) is 2.50. The van der Waals surface area contributed by atoms with Gasteiger partial charge in [-0.3, -0.25) is 0 Å². The zero-order valence-electron chi connectivity index (χ0n) is 10.1. The zero-order chi connectivity index (χ0) is 13.2. The molecule has 0 aromatic heterocycles. The lowest BCUT2D eigenvalue weighted by molar-refractivity contribution is 0.597. The molecule has 0 unspecified atom stereocenters. The minimum Gasteiger partial charge on any atom is -0.369 e. The summed E-state index contributed by atoms with van der Waals surface area (Å²) in [6.07, 6.45) is 0.636. The molecule has 0 radical (unpaired) electrons. The van der Waals surface area contributed by atoms with Crippen LogP contribution in [-0.4, -0.2) is 33.0 Å². The van der Waals surface area contributed by atoms with Crippen LogP contribution < -0.4 is 10.6 Å². The Hall–Kier alpha value is -0.780. The molecule has 0 bridgehead atoms. The van der Waals surface area contributed by atoms with Gasteiger partial charge >= 0.3 is 0 Å². The molecule has 0 amide bonds. The Balaban J connectivity index is 2.31. The van der Waals surface area contributed by atoms with Crippen LogP contribution in [0.25, 0.3) is 0 Å². The van der Waals surface area contributed by atoms with Crippen molar-refractivity contribution in [3.63, 3.8) is 0 Å². The van der Waals surface area contributed by atoms with Crippen LogP contribution in [0.1, 0.15) is 12.0 Å². The van der Waals surface area contributed by atoms with E-state index >= 15 is 0 Å². The van der Waals surface area contributed by atoms with E-state index in [0.717, 1.165) is 11.3 Å². The van der Waals surface area contributed by atoms with Crippen LogP contribution in [-0.2, 0) is 16.4 Å². The SMILES string of the molecule is NCc1cccc(Cl)c1N1CCCS(=O)(=O)CC1. The van der Waals surface area contributed by atoms with Gasteiger partial charge in [-0.1, -0.05) is 23.7 Å². The standard InChI is InChI=1S/C12H17ClN2O2S/c13-11-4-1-3-10(9-14)12(11)15-5-2-7-18(16,17)8-6-15/h1,3-4H,2,5-9,14H2. The van der Waals surface area contributed by atoms with Crippen molar-refractivity contribution >= 4 is 27.1 Å². The Labute approximate surface area is 113 Å². The van der Waals surface area contributed by atoms with E-state index in [9.17, 15) is 8.42 Å². The van der Waals surface area contributed by atoms with Gasteiger partial charge in [-0.25, -0.2) is 8.42 Å². The second-order valence-electron chi connectivity index (χ2n) is 4.44. The van der Waals surface area contributed by atoms with E-state index in [2.05, 4.69) is 0 Å². The molecule has 2 rings (SSSR count). The molecular weight excluding hydrogens is 272 g/mol. The maximum absolute atomic E-state index is 11.6. The molecule has 0 spiro atoms. The van der Waals surface area contributed by atoms with Crippen LogP contribution in [0.4, 0.5) is 5.69 Å². The highest BCUT2D eigenvalue weighted by Crippen LogP contribution is 2.30. The normalized spacial score (nSPS) is 19.6. The maximum Gasteiger partial charge on any atom is 0.152 e. The second-order valence-corrected chi connectivity index (χ2v) is 7.15. The van der Waals surface area contributed by atoms with Gasteiger partial charge in [0, 0.05) is 19.6 Å². The van der Waals surface area contributed by atoms with Crippen molar-refractivity contribution in [2.75, 3.05) is 29.5 Å². The fourth-order valence-corrected chi connectivity index (χ4v) is 3.83. The van der Waals surface area contributed by atoms with Crippen LogP contribution in [0, 0.1) is 0 Å². The molecule has 1 saturated heterocycles. The van der Waals surface area contributed by atoms with Crippen molar-refractivity contribution in [3.05, 3.63) is 28.8 Å². The third-order valence-corrected chi connectivity index (χ3v) is 5.18. The predicted octanol–water partition coefficient (Wildman–Crippen LogP) is 1.42. The smallest absolute Gasteiger partial charge is 0.152 e. The molecule has 1 aromatic rings. The quantitative estimate of drug-likeness (QED) is 0.894. The first kappa shape index (κ1) is 13.6. The molecule has 2 N–H and O–H groups in total. The largest absolute Gasteiger partial charge is 0.369 e. The van der Waals surface area contributed by atoms with Crippen LogP contribution in [0.3, 0.4) is 0 Å². The molecular formula is C12H17ClN2O2S. The summed E-state index contributed by atoms with van der Waals surface area (Å²) in [4.78, 5) is 2.04. The monoisotopic (exact) mass is 288 g/mol. The van der Waals surface area contributed by atoms with Gasteiger partial charge in [0.1, 0.15) is 0 Å². The van der Waals surface area contributed by atoms with E-state index in [0.29, 0.717) is 31.1 Å². The molecule has 18 heavy (non-hydrogen) atoms. The van der Waals surface area contributed by atoms with Gasteiger partial charge in [-0.15, -0.1) is 0 Å². The molecule has 4 nitrogen and oxygen atoms in total. The Morgan fingerprint density at radius 3 is 2.78 bits per heavy atom. The van der Waals surface area contributed by atoms with Crippen molar-refractivity contribution < 1.29 is 8.42 Å². The summed E-state index contributed by atoms with van der Waals surface area (Å²) in [7, 11) is -2.91. The molecule has 6 heteroatoms. The van der Waals surface area contributed by atoms with Crippen LogP contribution >= 0.6 is 11.6 Å². The van der Waals surface area contributed by atoms with E-state index in [1.807, 2.05) is 23.1 Å². The fourth-order valence-electron chi connectivity index (χ4n) is 2.24. The first-order chi connectivity index (χ1) is 8.53. The lowest BCUT2D eigenvalue weighted by Gasteiger charge is -2.25. The van der Waals surface area contributed by atoms with Crippen molar-refractivity contribution in [3.8, 4) is 0 Å². The minimum atomic E-state index is -2.91. The number of nitrogens with two attached hydrogens (primary N) is 1. The van der Waals surface area contributed by atoms with Crippen molar-refractivity contribution in [2.45, 2.75) is 13.0 Å². The Morgan fingerprint density at radius 1 is 1.28 bits per heavy atom. The number of anilines is 1. The third kappa shape index (κ3) is 2.96. The summed E-state index contributed by atoms with van der Waals surface area (Å²) in [5, 5.41) is 0.636. The van der Waals surface area contributed by atoms with Gasteiger partial charge in [-0.05, 0) is 18.1 Å². The topological polar surface area (TPSA) is 63.4 Å². The van der Waals surface area contributed by atoms with E-state index < -0.39 is 9.84 Å². The molecule has 1 aromatic carbocycles. The van der Waals surface area contributed by atoms with Crippen LogP contribution in [0.15, 0.2) is 18.2 Å². The highest BCUT2D eigenvalue weighted by atomic mass is 35.5. The number of hydrogen-bond acceptors (Lipinski definition) is 4. The van der Waals surface area contributed by atoms with Gasteiger partial charge in [-0.2, -0.15) is 0 Å². The summed E-state index contributed by atoms with van der Waals surface area (Å²) < 4.78 is 23.2. The summed E-state index contributed by atoms with van der Waals surface area (Å²) in [5.74, 6) is 0.439. The maximum atomic E-state index is 11.6. The first-order valence-electron chi connectivity index (χ1n) is 5.96. The van der Waals surface area contributed by atoms with Gasteiger partial charge in [0.15, 0.2) is 9.84 Å². The van der Waals surface area contributed by atoms with Crippen LogP contribution in [0.2, 0.25) is 5.02 Å². The molecule has 1 heterocycles. The Kier molecular flexibility index (Phi) is 4.14. The highest BCUT2D eigenvalue weighted by Gasteiger charge is 2.22. The molecule has 0 aliphatic carbocycles. The number of para-hydroxylation sites is 1. The predicted molar refractivity (Wildman–Crippen MR) is 74.8 cm³/mol. The van der Waals surface area contributed by atoms with E-state index in [1.54, 1.807) is 0 Å². The molecule has 0 atom stereocenters. The number of hydrogen-bond donors (Lipinski definition) is 1. The number of sulfone groups is 1. The number of halogens is 1. The van der Waals surface area contributed by atoms with Crippen molar-refractivity contribution in [1.82, 2.24) is 0 Å². The van der Waals surface area contributed by atoms with Crippen molar-refractivity contribution in [2.24, 2.45) is 5.73 Å². The van der Waals surface area contributed by atoms with Gasteiger partial charge in [0.05, 0.1) is 22.2 Å². The van der Waals surface area contributed by atoms with Crippen LogP contribution in [0.5, 0.6) is 0 Å². The minimum absolute atomic E-state index is 0.183. The Bertz CT molecular complexity index is 531. The highest BCUT2D eigenvalue weighted by molar-refractivity contribution is 7.91. The first-order valence-corrected chi connectivity index (χ1v) is 8.16. The Morgan fingerprint density at radius 2 is 2.06 bits per heavy atom. The summed E-state index contributed by atoms with van der Waals surface area (Å²) in [6, 6.07) is 5.61. The van der Waals surface area contributed by atoms with Gasteiger partial charge in [0.25, 0.3) is 0 Å². The lowest BCUT2D eigenvalue weighted by atomic mass is 10.1. The third-order valence-electron chi connectivity index (χ3n) is 3.16. The fraction of sp³-hybridized carbons (Fsp3) is 0.500. The average molecular weight is 289 g/mol. The molecule has 100 valence electrons. The summed E-state index contributed by atoms with van der Waals surface area (Å²) in [5.41, 5.74) is 7.56. The number of benzene rings is 1. The molecule has 0 saturated carbocycles. The lowest BCUT2D eigenvalue weighted by Crippen LogP contribution is -2.28. The number of rotatable bonds is 2. The summed E-state index contributed by atoms with van der Waals surface area (Å²) in [6.45, 7) is 1.59. The zero-order valence-corrected chi connectivity index (χ0v) is 11.7. The van der Waals surface area contributed by atoms with Crippen molar-refractivity contribution in [1.29, 1.82) is 0 Å². The van der Waals surface area contributed by atoms with Gasteiger partial charge < -0.3 is 10.6 Å². The molecule has 1 aliphatic heterocycles.